The second-order valence-corrected chi connectivity index (χ2v) is 4.50. The molecule has 0 aromatic carbocycles. The summed E-state index contributed by atoms with van der Waals surface area (Å²) in [7, 11) is 0. The van der Waals surface area contributed by atoms with Crippen LogP contribution in [0.2, 0.25) is 0 Å². The van der Waals surface area contributed by atoms with Gasteiger partial charge in [-0.25, -0.2) is 0 Å². The Morgan fingerprint density at radius 3 is 2.56 bits per heavy atom. The molecule has 0 fully saturated rings. The third-order valence-corrected chi connectivity index (χ3v) is 2.18. The lowest BCUT2D eigenvalue weighted by Crippen LogP contribution is -2.36. The van der Waals surface area contributed by atoms with Crippen molar-refractivity contribution in [3.8, 4) is 5.88 Å². The first-order valence-corrected chi connectivity index (χ1v) is 5.87. The van der Waals surface area contributed by atoms with Gasteiger partial charge in [-0.3, -0.25) is 9.78 Å². The van der Waals surface area contributed by atoms with Crippen molar-refractivity contribution < 1.29 is 14.6 Å². The molecule has 0 aliphatic heterocycles. The number of hydrogen-bond acceptors (Lipinski definition) is 5. The lowest BCUT2D eigenvalue weighted by molar-refractivity contribution is -0.135. The zero-order chi connectivity index (χ0) is 13.7. The van der Waals surface area contributed by atoms with E-state index in [-0.39, 0.29) is 18.7 Å². The molecule has 6 heteroatoms. The van der Waals surface area contributed by atoms with Gasteiger partial charge in [0.2, 0.25) is 5.88 Å². The molecule has 18 heavy (non-hydrogen) atoms. The van der Waals surface area contributed by atoms with Gasteiger partial charge in [-0.15, -0.1) is 0 Å². The molecule has 100 valence electrons. The van der Waals surface area contributed by atoms with E-state index in [1.165, 1.54) is 12.4 Å². The molecule has 0 spiro atoms. The van der Waals surface area contributed by atoms with E-state index in [1.54, 1.807) is 4.90 Å². The molecular formula is C12H19N3O3. The Balaban J connectivity index is 2.94. The molecular weight excluding hydrogens is 234 g/mol. The average molecular weight is 253 g/mol. The third-order valence-electron chi connectivity index (χ3n) is 2.18. The summed E-state index contributed by atoms with van der Waals surface area (Å²) in [6, 6.07) is 0.0182. The van der Waals surface area contributed by atoms with Crippen LogP contribution in [-0.4, -0.2) is 39.7 Å². The molecule has 6 nitrogen and oxygen atoms in total. The van der Waals surface area contributed by atoms with Crippen molar-refractivity contribution in [2.45, 2.75) is 39.8 Å². The summed E-state index contributed by atoms with van der Waals surface area (Å²) in [4.78, 5) is 20.8. The van der Waals surface area contributed by atoms with E-state index >= 15 is 0 Å². The van der Waals surface area contributed by atoms with Crippen LogP contribution >= 0.6 is 0 Å². The molecule has 0 atom stereocenters. The van der Waals surface area contributed by atoms with Crippen molar-refractivity contribution in [3.63, 3.8) is 0 Å². The number of carboxylic acids is 1. The zero-order valence-corrected chi connectivity index (χ0v) is 11.1. The van der Waals surface area contributed by atoms with Gasteiger partial charge in [-0.05, 0) is 27.7 Å². The van der Waals surface area contributed by atoms with E-state index in [0.29, 0.717) is 11.7 Å². The molecule has 0 aliphatic carbocycles. The molecule has 1 rings (SSSR count). The molecule has 0 aliphatic rings. The van der Waals surface area contributed by atoms with Crippen molar-refractivity contribution >= 4 is 11.8 Å². The molecule has 0 saturated heterocycles. The Kier molecular flexibility index (Phi) is 4.88. The predicted octanol–water partition coefficient (Wildman–Crippen LogP) is 1.56. The summed E-state index contributed by atoms with van der Waals surface area (Å²) >= 11 is 0. The smallest absolute Gasteiger partial charge is 0.323 e. The molecule has 1 heterocycles. The first kappa shape index (κ1) is 14.2. The number of ether oxygens (including phenoxy) is 1. The Morgan fingerprint density at radius 2 is 2.06 bits per heavy atom. The van der Waals surface area contributed by atoms with E-state index in [0.717, 1.165) is 0 Å². The number of nitrogens with zero attached hydrogens (tertiary/aromatic N) is 3. The highest BCUT2D eigenvalue weighted by atomic mass is 16.5. The van der Waals surface area contributed by atoms with Crippen molar-refractivity contribution in [1.82, 2.24) is 9.97 Å². The third kappa shape index (κ3) is 4.20. The van der Waals surface area contributed by atoms with Gasteiger partial charge >= 0.3 is 5.97 Å². The Bertz CT molecular complexity index is 407. The predicted molar refractivity (Wildman–Crippen MR) is 67.9 cm³/mol. The first-order chi connectivity index (χ1) is 8.40. The van der Waals surface area contributed by atoms with E-state index in [4.69, 9.17) is 9.84 Å². The van der Waals surface area contributed by atoms with Gasteiger partial charge in [-0.2, -0.15) is 4.98 Å². The highest BCUT2D eigenvalue weighted by Crippen LogP contribution is 2.17. The summed E-state index contributed by atoms with van der Waals surface area (Å²) in [6.45, 7) is 7.48. The average Bonchev–Trinajstić information content (AvgIpc) is 2.24. The van der Waals surface area contributed by atoms with Crippen LogP contribution in [0.25, 0.3) is 0 Å². The van der Waals surface area contributed by atoms with Gasteiger partial charge in [-0.1, -0.05) is 0 Å². The summed E-state index contributed by atoms with van der Waals surface area (Å²) in [6.07, 6.45) is 3.06. The summed E-state index contributed by atoms with van der Waals surface area (Å²) in [5.41, 5.74) is 0. The fraction of sp³-hybridized carbons (Fsp3) is 0.583. The minimum atomic E-state index is -0.902. The standard InChI is InChI=1S/C12H19N3O3/c1-8(2)15(7-12(16)17)10-5-13-6-11(14-10)18-9(3)4/h5-6,8-9H,7H2,1-4H3,(H,16,17). The van der Waals surface area contributed by atoms with E-state index in [2.05, 4.69) is 9.97 Å². The SMILES string of the molecule is CC(C)Oc1cncc(N(CC(=O)O)C(C)C)n1. The second kappa shape index (κ2) is 6.18. The summed E-state index contributed by atoms with van der Waals surface area (Å²) < 4.78 is 5.44. The van der Waals surface area contributed by atoms with Crippen LogP contribution in [0.3, 0.4) is 0 Å². The molecule has 0 radical (unpaired) electrons. The molecule has 0 amide bonds. The fourth-order valence-electron chi connectivity index (χ4n) is 1.45. The minimum Gasteiger partial charge on any atom is -0.480 e. The zero-order valence-electron chi connectivity index (χ0n) is 11.1. The van der Waals surface area contributed by atoms with Gasteiger partial charge in [0, 0.05) is 6.04 Å². The van der Waals surface area contributed by atoms with Crippen molar-refractivity contribution in [3.05, 3.63) is 12.4 Å². The maximum Gasteiger partial charge on any atom is 0.323 e. The van der Waals surface area contributed by atoms with Crippen molar-refractivity contribution in [1.29, 1.82) is 0 Å². The lowest BCUT2D eigenvalue weighted by atomic mass is 10.3. The van der Waals surface area contributed by atoms with Crippen LogP contribution < -0.4 is 9.64 Å². The topological polar surface area (TPSA) is 75.5 Å². The van der Waals surface area contributed by atoms with Crippen molar-refractivity contribution in [2.24, 2.45) is 0 Å². The monoisotopic (exact) mass is 253 g/mol. The number of carbonyl (C=O) groups is 1. The van der Waals surface area contributed by atoms with E-state index in [1.807, 2.05) is 27.7 Å². The van der Waals surface area contributed by atoms with Gasteiger partial charge in [0.1, 0.15) is 6.54 Å². The molecule has 0 saturated carbocycles. The van der Waals surface area contributed by atoms with E-state index in [9.17, 15) is 4.79 Å². The largest absolute Gasteiger partial charge is 0.480 e. The molecule has 1 aromatic rings. The number of aliphatic carboxylic acids is 1. The Labute approximate surface area is 107 Å². The van der Waals surface area contributed by atoms with Crippen LogP contribution in [0.1, 0.15) is 27.7 Å². The number of hydrogen-bond donors (Lipinski definition) is 1. The van der Waals surface area contributed by atoms with E-state index < -0.39 is 5.97 Å². The highest BCUT2D eigenvalue weighted by molar-refractivity contribution is 5.73. The normalized spacial score (nSPS) is 10.8. The summed E-state index contributed by atoms with van der Waals surface area (Å²) in [5, 5.41) is 8.89. The van der Waals surface area contributed by atoms with Crippen LogP contribution in [-0.2, 0) is 4.79 Å². The molecule has 0 bridgehead atoms. The van der Waals surface area contributed by atoms with Gasteiger partial charge in [0.05, 0.1) is 18.5 Å². The minimum absolute atomic E-state index is 0.00141. The number of carboxylic acid groups (broad SMARTS) is 1. The lowest BCUT2D eigenvalue weighted by Gasteiger charge is -2.25. The Hall–Kier alpha value is -1.85. The maximum atomic E-state index is 10.8. The van der Waals surface area contributed by atoms with Crippen LogP contribution in [0.15, 0.2) is 12.4 Å². The molecule has 1 aromatic heterocycles. The molecule has 1 N–H and O–H groups in total. The second-order valence-electron chi connectivity index (χ2n) is 4.50. The van der Waals surface area contributed by atoms with Gasteiger partial charge in [0.25, 0.3) is 0 Å². The maximum absolute atomic E-state index is 10.8. The van der Waals surface area contributed by atoms with Gasteiger partial charge < -0.3 is 14.7 Å². The number of anilines is 1. The first-order valence-electron chi connectivity index (χ1n) is 5.87. The highest BCUT2D eigenvalue weighted by Gasteiger charge is 2.16. The van der Waals surface area contributed by atoms with Gasteiger partial charge in [0.15, 0.2) is 5.82 Å². The van der Waals surface area contributed by atoms with Crippen LogP contribution in [0.4, 0.5) is 5.82 Å². The van der Waals surface area contributed by atoms with Crippen LogP contribution in [0.5, 0.6) is 5.88 Å². The van der Waals surface area contributed by atoms with Crippen LogP contribution in [0, 0.1) is 0 Å². The number of rotatable bonds is 6. The quantitative estimate of drug-likeness (QED) is 0.829. The fourth-order valence-corrected chi connectivity index (χ4v) is 1.45. The Morgan fingerprint density at radius 1 is 1.39 bits per heavy atom. The number of aromatic nitrogens is 2. The van der Waals surface area contributed by atoms with Crippen molar-refractivity contribution in [2.75, 3.05) is 11.4 Å². The molecule has 0 unspecified atom stereocenters. The summed E-state index contributed by atoms with van der Waals surface area (Å²) in [5.74, 6) is 0.00442.